The summed E-state index contributed by atoms with van der Waals surface area (Å²) in [6.07, 6.45) is 2.00. The average Bonchev–Trinajstić information content (AvgIpc) is 2.37. The lowest BCUT2D eigenvalue weighted by Crippen LogP contribution is -2.21. The van der Waals surface area contributed by atoms with E-state index in [1.807, 2.05) is 12.1 Å². The van der Waals surface area contributed by atoms with E-state index < -0.39 is 15.6 Å². The molecule has 0 aromatic heterocycles. The number of carbonyl (C=O) groups excluding carboxylic acids is 1. The highest BCUT2D eigenvalue weighted by Crippen LogP contribution is 2.08. The predicted molar refractivity (Wildman–Crippen MR) is 75.3 cm³/mol. The highest BCUT2D eigenvalue weighted by molar-refractivity contribution is 7.92. The summed E-state index contributed by atoms with van der Waals surface area (Å²) in [6, 6.07) is 7.13. The molecule has 4 nitrogen and oxygen atoms in total. The third-order valence-corrected chi connectivity index (χ3v) is 4.25. The monoisotopic (exact) mass is 284 g/mol. The van der Waals surface area contributed by atoms with Crippen molar-refractivity contribution in [1.82, 2.24) is 0 Å². The lowest BCUT2D eigenvalue weighted by Gasteiger charge is -2.04. The Labute approximate surface area is 114 Å². The Morgan fingerprint density at radius 1 is 1.21 bits per heavy atom. The maximum Gasteiger partial charge on any atom is 0.177 e. The maximum atomic E-state index is 11.9. The van der Waals surface area contributed by atoms with Gasteiger partial charge in [0.15, 0.2) is 15.6 Å². The van der Waals surface area contributed by atoms with Crippen molar-refractivity contribution in [3.05, 3.63) is 35.4 Å². The molecule has 0 saturated heterocycles. The first-order chi connectivity index (χ1) is 8.98. The Kier molecular flexibility index (Phi) is 6.18. The second-order valence-electron chi connectivity index (χ2n) is 4.45. The van der Waals surface area contributed by atoms with Crippen LogP contribution in [0.2, 0.25) is 0 Å². The van der Waals surface area contributed by atoms with E-state index in [1.54, 1.807) is 12.1 Å². The zero-order valence-corrected chi connectivity index (χ0v) is 12.2. The molecule has 0 heterocycles. The van der Waals surface area contributed by atoms with Gasteiger partial charge in [0.25, 0.3) is 0 Å². The molecule has 0 aliphatic carbocycles. The molecule has 0 aliphatic rings. The van der Waals surface area contributed by atoms with Gasteiger partial charge in [-0.3, -0.25) is 4.79 Å². The lowest BCUT2D eigenvalue weighted by atomic mass is 10.1. The molecule has 5 heteroatoms. The summed E-state index contributed by atoms with van der Waals surface area (Å²) in [5, 5.41) is 0. The van der Waals surface area contributed by atoms with Crippen LogP contribution in [0.15, 0.2) is 24.3 Å². The van der Waals surface area contributed by atoms with Crippen LogP contribution < -0.4 is 0 Å². The van der Waals surface area contributed by atoms with Crippen LogP contribution in [0.5, 0.6) is 0 Å². The molecular weight excluding hydrogens is 264 g/mol. The van der Waals surface area contributed by atoms with Crippen molar-refractivity contribution >= 4 is 15.6 Å². The molecule has 0 bridgehead atoms. The molecule has 0 spiro atoms. The highest BCUT2D eigenvalue weighted by Gasteiger charge is 2.17. The summed E-state index contributed by atoms with van der Waals surface area (Å²) in [6.45, 7) is 2.20. The molecule has 0 unspecified atom stereocenters. The third-order valence-electron chi connectivity index (χ3n) is 2.76. The SMILES string of the molecule is CCCc1ccc(C(=O)CS(=O)(=O)CCOC)cc1. The number of Topliss-reactive ketones (excluding diaryl/α,β-unsaturated/α-hetero) is 1. The van der Waals surface area contributed by atoms with Crippen LogP contribution in [0.3, 0.4) is 0 Å². The van der Waals surface area contributed by atoms with E-state index in [1.165, 1.54) is 7.11 Å². The van der Waals surface area contributed by atoms with Gasteiger partial charge in [0.05, 0.1) is 12.4 Å². The van der Waals surface area contributed by atoms with Crippen LogP contribution >= 0.6 is 0 Å². The number of rotatable bonds is 8. The van der Waals surface area contributed by atoms with Crippen molar-refractivity contribution in [3.63, 3.8) is 0 Å². The van der Waals surface area contributed by atoms with E-state index >= 15 is 0 Å². The Bertz CT molecular complexity index is 503. The van der Waals surface area contributed by atoms with Crippen molar-refractivity contribution in [3.8, 4) is 0 Å². The molecule has 0 saturated carbocycles. The minimum absolute atomic E-state index is 0.116. The van der Waals surface area contributed by atoms with Gasteiger partial charge in [0.2, 0.25) is 0 Å². The number of aryl methyl sites for hydroxylation is 1. The van der Waals surface area contributed by atoms with Gasteiger partial charge < -0.3 is 4.74 Å². The largest absolute Gasteiger partial charge is 0.384 e. The number of ether oxygens (including phenoxy) is 1. The van der Waals surface area contributed by atoms with E-state index in [2.05, 4.69) is 6.92 Å². The fourth-order valence-electron chi connectivity index (χ4n) is 1.71. The maximum absolute atomic E-state index is 11.9. The molecule has 0 radical (unpaired) electrons. The van der Waals surface area contributed by atoms with Crippen LogP contribution in [0, 0.1) is 0 Å². The fourth-order valence-corrected chi connectivity index (χ4v) is 2.84. The molecule has 0 amide bonds. The smallest absolute Gasteiger partial charge is 0.177 e. The summed E-state index contributed by atoms with van der Waals surface area (Å²) in [5.41, 5.74) is 1.60. The zero-order chi connectivity index (χ0) is 14.3. The minimum atomic E-state index is -3.39. The minimum Gasteiger partial charge on any atom is -0.384 e. The van der Waals surface area contributed by atoms with Gasteiger partial charge in [-0.1, -0.05) is 37.6 Å². The number of sulfone groups is 1. The number of hydrogen-bond donors (Lipinski definition) is 0. The molecule has 0 N–H and O–H groups in total. The van der Waals surface area contributed by atoms with Gasteiger partial charge in [-0.05, 0) is 12.0 Å². The van der Waals surface area contributed by atoms with Crippen molar-refractivity contribution in [2.45, 2.75) is 19.8 Å². The van der Waals surface area contributed by atoms with E-state index in [9.17, 15) is 13.2 Å². The van der Waals surface area contributed by atoms with Crippen LogP contribution in [0.25, 0.3) is 0 Å². The van der Waals surface area contributed by atoms with Gasteiger partial charge in [-0.25, -0.2) is 8.42 Å². The van der Waals surface area contributed by atoms with Crippen molar-refractivity contribution in [1.29, 1.82) is 0 Å². The number of carbonyl (C=O) groups is 1. The van der Waals surface area contributed by atoms with E-state index in [0.717, 1.165) is 18.4 Å². The standard InChI is InChI=1S/C14H20O4S/c1-3-4-12-5-7-13(8-6-12)14(15)11-19(16,17)10-9-18-2/h5-8H,3-4,9-11H2,1-2H3. The molecule has 19 heavy (non-hydrogen) atoms. The van der Waals surface area contributed by atoms with Crippen molar-refractivity contribution in [2.24, 2.45) is 0 Å². The Hall–Kier alpha value is -1.20. The van der Waals surface area contributed by atoms with Crippen molar-refractivity contribution in [2.75, 3.05) is 25.2 Å². The first-order valence-corrected chi connectivity index (χ1v) is 8.12. The summed E-state index contributed by atoms with van der Waals surface area (Å²) < 4.78 is 28.0. The number of benzene rings is 1. The number of hydrogen-bond acceptors (Lipinski definition) is 4. The molecule has 0 aliphatic heterocycles. The lowest BCUT2D eigenvalue weighted by molar-refractivity contribution is 0.102. The summed E-state index contributed by atoms with van der Waals surface area (Å²) in [5.74, 6) is -0.939. The third kappa shape index (κ3) is 5.53. The molecule has 1 rings (SSSR count). The van der Waals surface area contributed by atoms with Crippen LogP contribution in [0.1, 0.15) is 29.3 Å². The summed E-state index contributed by atoms with van der Waals surface area (Å²) in [4.78, 5) is 11.9. The zero-order valence-electron chi connectivity index (χ0n) is 11.4. The van der Waals surface area contributed by atoms with Crippen LogP contribution in [0.4, 0.5) is 0 Å². The van der Waals surface area contributed by atoms with Gasteiger partial charge in [0.1, 0.15) is 5.75 Å². The van der Waals surface area contributed by atoms with E-state index in [4.69, 9.17) is 4.74 Å². The molecule has 1 aromatic carbocycles. The van der Waals surface area contributed by atoms with Gasteiger partial charge in [-0.2, -0.15) is 0 Å². The number of ketones is 1. The number of methoxy groups -OCH3 is 1. The van der Waals surface area contributed by atoms with Gasteiger partial charge in [0, 0.05) is 12.7 Å². The predicted octanol–water partition coefficient (Wildman–Crippen LogP) is 1.88. The van der Waals surface area contributed by atoms with Crippen LogP contribution in [-0.4, -0.2) is 39.4 Å². The van der Waals surface area contributed by atoms with E-state index in [-0.39, 0.29) is 18.1 Å². The molecule has 1 aromatic rings. The summed E-state index contributed by atoms with van der Waals surface area (Å²) >= 11 is 0. The normalized spacial score (nSPS) is 11.5. The Morgan fingerprint density at radius 3 is 2.37 bits per heavy atom. The average molecular weight is 284 g/mol. The van der Waals surface area contributed by atoms with E-state index in [0.29, 0.717) is 5.56 Å². The second kappa shape index (κ2) is 7.40. The van der Waals surface area contributed by atoms with Gasteiger partial charge in [-0.15, -0.1) is 0 Å². The molecular formula is C14H20O4S. The fraction of sp³-hybridized carbons (Fsp3) is 0.500. The topological polar surface area (TPSA) is 60.4 Å². The first kappa shape index (κ1) is 15.9. The van der Waals surface area contributed by atoms with Gasteiger partial charge >= 0.3 is 0 Å². The quantitative estimate of drug-likeness (QED) is 0.684. The molecule has 0 fully saturated rings. The van der Waals surface area contributed by atoms with Crippen molar-refractivity contribution < 1.29 is 17.9 Å². The summed E-state index contributed by atoms with van der Waals surface area (Å²) in [7, 11) is -1.95. The molecule has 0 atom stereocenters. The van der Waals surface area contributed by atoms with Crippen LogP contribution in [-0.2, 0) is 21.0 Å². The molecule has 106 valence electrons. The second-order valence-corrected chi connectivity index (χ2v) is 6.64. The Balaban J connectivity index is 2.67. The Morgan fingerprint density at radius 2 is 1.84 bits per heavy atom. The highest BCUT2D eigenvalue weighted by atomic mass is 32.2. The first-order valence-electron chi connectivity index (χ1n) is 6.30.